The lowest BCUT2D eigenvalue weighted by atomic mass is 10.0. The number of benzene rings is 1. The maximum Gasteiger partial charge on any atom is 0.0625 e. The summed E-state index contributed by atoms with van der Waals surface area (Å²) in [6.07, 6.45) is 1.81. The van der Waals surface area contributed by atoms with E-state index in [0.29, 0.717) is 0 Å². The first-order chi connectivity index (χ1) is 8.74. The second kappa shape index (κ2) is 5.83. The third-order valence-corrected chi connectivity index (χ3v) is 3.20. The summed E-state index contributed by atoms with van der Waals surface area (Å²) in [5.41, 5.74) is 9.84. The topological polar surface area (TPSA) is 43.8 Å². The van der Waals surface area contributed by atoms with Gasteiger partial charge in [-0.1, -0.05) is 37.3 Å². The minimum atomic E-state index is 0.0140. The Bertz CT molecular complexity index is 488. The summed E-state index contributed by atoms with van der Waals surface area (Å²) in [4.78, 5) is 0. The molecule has 0 amide bonds. The molecule has 0 aliphatic heterocycles. The number of nitrogens with two attached hydrogens (primary N) is 1. The van der Waals surface area contributed by atoms with Gasteiger partial charge in [0.25, 0.3) is 0 Å². The molecule has 18 heavy (non-hydrogen) atoms. The summed E-state index contributed by atoms with van der Waals surface area (Å²) in [6, 6.07) is 12.5. The van der Waals surface area contributed by atoms with E-state index in [-0.39, 0.29) is 6.04 Å². The van der Waals surface area contributed by atoms with Gasteiger partial charge in [-0.15, -0.1) is 0 Å². The monoisotopic (exact) mass is 243 g/mol. The van der Waals surface area contributed by atoms with Crippen LogP contribution in [0, 0.1) is 0 Å². The summed E-state index contributed by atoms with van der Waals surface area (Å²) in [5.74, 6) is 0. The summed E-state index contributed by atoms with van der Waals surface area (Å²) >= 11 is 0. The van der Waals surface area contributed by atoms with E-state index < -0.39 is 0 Å². The summed E-state index contributed by atoms with van der Waals surface area (Å²) in [7, 11) is 0. The van der Waals surface area contributed by atoms with Crippen molar-refractivity contribution in [2.45, 2.75) is 39.3 Å². The lowest BCUT2D eigenvalue weighted by Crippen LogP contribution is -2.18. The molecule has 1 heterocycles. The summed E-state index contributed by atoms with van der Waals surface area (Å²) in [5, 5.41) is 4.55. The molecule has 0 aliphatic rings. The van der Waals surface area contributed by atoms with Crippen LogP contribution in [0.15, 0.2) is 36.4 Å². The van der Waals surface area contributed by atoms with E-state index >= 15 is 0 Å². The van der Waals surface area contributed by atoms with Crippen LogP contribution in [0.3, 0.4) is 0 Å². The molecule has 1 aromatic heterocycles. The minimum absolute atomic E-state index is 0.0140. The fraction of sp³-hybridized carbons (Fsp3) is 0.400. The molecule has 0 saturated heterocycles. The highest BCUT2D eigenvalue weighted by molar-refractivity contribution is 5.20. The number of hydrogen-bond donors (Lipinski definition) is 1. The molecular weight excluding hydrogens is 222 g/mol. The van der Waals surface area contributed by atoms with Gasteiger partial charge in [0.2, 0.25) is 0 Å². The fourth-order valence-electron chi connectivity index (χ4n) is 2.18. The van der Waals surface area contributed by atoms with Crippen molar-refractivity contribution in [1.29, 1.82) is 0 Å². The second-order valence-electron chi connectivity index (χ2n) is 4.53. The highest BCUT2D eigenvalue weighted by Gasteiger charge is 2.13. The normalized spacial score (nSPS) is 12.6. The average molecular weight is 243 g/mol. The molecule has 3 nitrogen and oxygen atoms in total. The Morgan fingerprint density at radius 1 is 1.22 bits per heavy atom. The van der Waals surface area contributed by atoms with Crippen molar-refractivity contribution in [2.24, 2.45) is 5.73 Å². The van der Waals surface area contributed by atoms with Gasteiger partial charge in [-0.05, 0) is 31.4 Å². The molecule has 0 aliphatic carbocycles. The van der Waals surface area contributed by atoms with Crippen molar-refractivity contribution >= 4 is 0 Å². The van der Waals surface area contributed by atoms with E-state index in [2.05, 4.69) is 49.3 Å². The molecule has 1 unspecified atom stereocenters. The highest BCUT2D eigenvalue weighted by Crippen LogP contribution is 2.17. The van der Waals surface area contributed by atoms with Crippen LogP contribution in [-0.4, -0.2) is 9.78 Å². The Hall–Kier alpha value is -1.61. The van der Waals surface area contributed by atoms with Gasteiger partial charge in [-0.3, -0.25) is 4.68 Å². The van der Waals surface area contributed by atoms with Crippen LogP contribution >= 0.6 is 0 Å². The van der Waals surface area contributed by atoms with Gasteiger partial charge in [0.15, 0.2) is 0 Å². The van der Waals surface area contributed by atoms with Gasteiger partial charge in [0.05, 0.1) is 17.4 Å². The van der Waals surface area contributed by atoms with Gasteiger partial charge in [0.1, 0.15) is 0 Å². The fourth-order valence-corrected chi connectivity index (χ4v) is 2.18. The van der Waals surface area contributed by atoms with Crippen LogP contribution in [0.25, 0.3) is 0 Å². The quantitative estimate of drug-likeness (QED) is 0.877. The number of aryl methyl sites for hydroxylation is 2. The van der Waals surface area contributed by atoms with Crippen molar-refractivity contribution in [3.05, 3.63) is 53.3 Å². The Labute approximate surface area is 109 Å². The zero-order valence-electron chi connectivity index (χ0n) is 11.1. The molecule has 0 saturated carbocycles. The smallest absolute Gasteiger partial charge is 0.0625 e. The first-order valence-corrected chi connectivity index (χ1v) is 6.60. The minimum Gasteiger partial charge on any atom is -0.322 e. The van der Waals surface area contributed by atoms with E-state index in [0.717, 1.165) is 30.8 Å². The maximum absolute atomic E-state index is 6.31. The number of nitrogens with zero attached hydrogens (tertiary/aromatic N) is 2. The maximum atomic E-state index is 6.31. The Kier molecular flexibility index (Phi) is 4.15. The van der Waals surface area contributed by atoms with Gasteiger partial charge >= 0.3 is 0 Å². The van der Waals surface area contributed by atoms with E-state index in [1.165, 1.54) is 5.56 Å². The highest BCUT2D eigenvalue weighted by atomic mass is 15.3. The van der Waals surface area contributed by atoms with E-state index in [1.54, 1.807) is 0 Å². The SMILES string of the molecule is CCc1cc(C(N)Cc2ccccc2)n(CC)n1. The standard InChI is InChI=1S/C15H21N3/c1-3-13-11-15(18(4-2)17-13)14(16)10-12-8-6-5-7-9-12/h5-9,11,14H,3-4,10,16H2,1-2H3. The molecule has 0 bridgehead atoms. The number of aromatic nitrogens is 2. The molecule has 0 radical (unpaired) electrons. The third-order valence-electron chi connectivity index (χ3n) is 3.20. The van der Waals surface area contributed by atoms with Gasteiger partial charge in [-0.25, -0.2) is 0 Å². The van der Waals surface area contributed by atoms with E-state index in [9.17, 15) is 0 Å². The Morgan fingerprint density at radius 3 is 2.56 bits per heavy atom. The van der Waals surface area contributed by atoms with Crippen molar-refractivity contribution < 1.29 is 0 Å². The summed E-state index contributed by atoms with van der Waals surface area (Å²) < 4.78 is 2.02. The van der Waals surface area contributed by atoms with Crippen molar-refractivity contribution in [3.8, 4) is 0 Å². The molecule has 2 rings (SSSR count). The van der Waals surface area contributed by atoms with Crippen molar-refractivity contribution in [2.75, 3.05) is 0 Å². The molecule has 2 N–H and O–H groups in total. The molecule has 0 spiro atoms. The molecule has 3 heteroatoms. The zero-order valence-corrected chi connectivity index (χ0v) is 11.1. The third kappa shape index (κ3) is 2.79. The first kappa shape index (κ1) is 12.8. The summed E-state index contributed by atoms with van der Waals surface area (Å²) in [6.45, 7) is 5.10. The Balaban J connectivity index is 2.17. The van der Waals surface area contributed by atoms with E-state index in [1.807, 2.05) is 10.7 Å². The number of rotatable bonds is 5. The van der Waals surface area contributed by atoms with Crippen LogP contribution in [-0.2, 0) is 19.4 Å². The van der Waals surface area contributed by atoms with Gasteiger partial charge < -0.3 is 5.73 Å². The first-order valence-electron chi connectivity index (χ1n) is 6.60. The average Bonchev–Trinajstić information content (AvgIpc) is 2.83. The van der Waals surface area contributed by atoms with E-state index in [4.69, 9.17) is 5.73 Å². The van der Waals surface area contributed by atoms with Crippen molar-refractivity contribution in [1.82, 2.24) is 9.78 Å². The van der Waals surface area contributed by atoms with Gasteiger partial charge in [0, 0.05) is 6.54 Å². The van der Waals surface area contributed by atoms with Crippen molar-refractivity contribution in [3.63, 3.8) is 0 Å². The zero-order chi connectivity index (χ0) is 13.0. The number of hydrogen-bond acceptors (Lipinski definition) is 2. The lowest BCUT2D eigenvalue weighted by Gasteiger charge is -2.13. The van der Waals surface area contributed by atoms with Crippen LogP contribution in [0.5, 0.6) is 0 Å². The lowest BCUT2D eigenvalue weighted by molar-refractivity contribution is 0.565. The molecule has 1 aromatic carbocycles. The molecular formula is C15H21N3. The van der Waals surface area contributed by atoms with Crippen LogP contribution in [0.2, 0.25) is 0 Å². The van der Waals surface area contributed by atoms with Gasteiger partial charge in [-0.2, -0.15) is 5.10 Å². The molecule has 0 fully saturated rings. The molecule has 2 aromatic rings. The molecule has 1 atom stereocenters. The van der Waals surface area contributed by atoms with Crippen LogP contribution in [0.4, 0.5) is 0 Å². The largest absolute Gasteiger partial charge is 0.322 e. The molecule has 96 valence electrons. The van der Waals surface area contributed by atoms with Crippen LogP contribution < -0.4 is 5.73 Å². The van der Waals surface area contributed by atoms with Crippen LogP contribution in [0.1, 0.15) is 36.8 Å². The predicted octanol–water partition coefficient (Wildman–Crippen LogP) is 2.71. The Morgan fingerprint density at radius 2 is 1.94 bits per heavy atom. The second-order valence-corrected chi connectivity index (χ2v) is 4.53. The predicted molar refractivity (Wildman–Crippen MR) is 74.4 cm³/mol.